The first-order valence-corrected chi connectivity index (χ1v) is 13.0. The summed E-state index contributed by atoms with van der Waals surface area (Å²) in [4.78, 5) is 34.0. The van der Waals surface area contributed by atoms with Crippen molar-refractivity contribution in [3.8, 4) is 5.75 Å². The van der Waals surface area contributed by atoms with E-state index in [1.165, 1.54) is 18.4 Å². The Balaban J connectivity index is 1.27. The number of aromatic nitrogens is 1. The summed E-state index contributed by atoms with van der Waals surface area (Å²) in [7, 11) is 1.65. The molecule has 2 heterocycles. The van der Waals surface area contributed by atoms with Gasteiger partial charge in [-0.25, -0.2) is 0 Å². The number of carbonyl (C=O) groups is 2. The molecule has 6 rings (SSSR count). The van der Waals surface area contributed by atoms with Gasteiger partial charge in [-0.15, -0.1) is 0 Å². The molecule has 1 aromatic heterocycles. The van der Waals surface area contributed by atoms with Crippen molar-refractivity contribution in [3.63, 3.8) is 0 Å². The highest BCUT2D eigenvalue weighted by atomic mass is 16.5. The van der Waals surface area contributed by atoms with Crippen LogP contribution in [0.5, 0.6) is 5.75 Å². The van der Waals surface area contributed by atoms with E-state index in [1.807, 2.05) is 53.4 Å². The van der Waals surface area contributed by atoms with E-state index < -0.39 is 0 Å². The van der Waals surface area contributed by atoms with Crippen molar-refractivity contribution >= 4 is 22.7 Å². The molecule has 1 saturated carbocycles. The first kappa shape index (κ1) is 23.3. The van der Waals surface area contributed by atoms with E-state index in [-0.39, 0.29) is 24.4 Å². The molecule has 1 aliphatic carbocycles. The normalized spacial score (nSPS) is 17.9. The van der Waals surface area contributed by atoms with E-state index in [1.54, 1.807) is 12.0 Å². The van der Waals surface area contributed by atoms with Crippen LogP contribution < -0.4 is 4.74 Å². The number of benzene rings is 3. The number of piperazine rings is 1. The smallest absolute Gasteiger partial charge is 0.270 e. The van der Waals surface area contributed by atoms with Crippen LogP contribution in [0.25, 0.3) is 10.9 Å². The van der Waals surface area contributed by atoms with Gasteiger partial charge in [-0.05, 0) is 60.6 Å². The number of aromatic amines is 1. The molecule has 6 heteroatoms. The third-order valence-electron chi connectivity index (χ3n) is 7.58. The molecule has 37 heavy (non-hydrogen) atoms. The van der Waals surface area contributed by atoms with Gasteiger partial charge >= 0.3 is 0 Å². The van der Waals surface area contributed by atoms with Crippen molar-refractivity contribution in [2.45, 2.75) is 37.8 Å². The van der Waals surface area contributed by atoms with Crippen LogP contribution in [0.3, 0.4) is 0 Å². The number of fused-ring (bicyclic) bond motifs is 1. The average molecular weight is 494 g/mol. The van der Waals surface area contributed by atoms with Gasteiger partial charge in [0.25, 0.3) is 5.91 Å². The topological polar surface area (TPSA) is 65.6 Å². The van der Waals surface area contributed by atoms with Gasteiger partial charge in [-0.2, -0.15) is 0 Å². The summed E-state index contributed by atoms with van der Waals surface area (Å²) in [5, 5.41) is 1.05. The summed E-state index contributed by atoms with van der Waals surface area (Å²) in [5.41, 5.74) is 4.92. The number of carbonyl (C=O) groups excluding carboxylic acids is 2. The zero-order valence-electron chi connectivity index (χ0n) is 21.0. The van der Waals surface area contributed by atoms with Crippen LogP contribution in [-0.4, -0.2) is 52.8 Å². The number of hydrogen-bond acceptors (Lipinski definition) is 3. The van der Waals surface area contributed by atoms with E-state index in [4.69, 9.17) is 4.74 Å². The molecule has 2 amide bonds. The Hall–Kier alpha value is -4.06. The van der Waals surface area contributed by atoms with E-state index >= 15 is 0 Å². The largest absolute Gasteiger partial charge is 0.496 e. The number of nitrogens with one attached hydrogen (secondary N) is 1. The molecular formula is C31H31N3O3. The minimum Gasteiger partial charge on any atom is -0.496 e. The quantitative estimate of drug-likeness (QED) is 0.387. The predicted molar refractivity (Wildman–Crippen MR) is 144 cm³/mol. The summed E-state index contributed by atoms with van der Waals surface area (Å²) in [6.07, 6.45) is 3.15. The molecule has 1 N–H and O–H groups in total. The monoisotopic (exact) mass is 493 g/mol. The lowest BCUT2D eigenvalue weighted by molar-refractivity contribution is -0.139. The average Bonchev–Trinajstić information content (AvgIpc) is 3.69. The SMILES string of the molecule is COc1ccccc1CN1C(=O)CN(C(=O)c2cc3cc(C4CC4)ccc3[nH]2)C[C@@H]1Cc1ccccc1. The third kappa shape index (κ3) is 4.84. The Morgan fingerprint density at radius 2 is 1.78 bits per heavy atom. The van der Waals surface area contributed by atoms with Crippen LogP contribution in [-0.2, 0) is 17.8 Å². The van der Waals surface area contributed by atoms with Gasteiger partial charge in [0.2, 0.25) is 5.91 Å². The molecule has 1 atom stereocenters. The van der Waals surface area contributed by atoms with Crippen LogP contribution in [0.15, 0.2) is 78.9 Å². The molecule has 0 spiro atoms. The Morgan fingerprint density at radius 3 is 2.57 bits per heavy atom. The van der Waals surface area contributed by atoms with Crippen molar-refractivity contribution in [2.75, 3.05) is 20.2 Å². The first-order valence-electron chi connectivity index (χ1n) is 13.0. The number of para-hydroxylation sites is 1. The highest BCUT2D eigenvalue weighted by molar-refractivity contribution is 6.00. The minimum absolute atomic E-state index is 0.0569. The number of ether oxygens (including phenoxy) is 1. The molecule has 0 unspecified atom stereocenters. The number of rotatable bonds is 7. The first-order chi connectivity index (χ1) is 18.1. The zero-order chi connectivity index (χ0) is 25.4. The van der Waals surface area contributed by atoms with Gasteiger partial charge in [0.05, 0.1) is 13.2 Å². The Labute approximate surface area is 216 Å². The maximum atomic E-state index is 13.6. The van der Waals surface area contributed by atoms with Crippen LogP contribution in [0.4, 0.5) is 0 Å². The highest BCUT2D eigenvalue weighted by Gasteiger charge is 2.36. The van der Waals surface area contributed by atoms with Crippen molar-refractivity contribution < 1.29 is 14.3 Å². The van der Waals surface area contributed by atoms with Crippen molar-refractivity contribution in [2.24, 2.45) is 0 Å². The van der Waals surface area contributed by atoms with Crippen molar-refractivity contribution in [1.82, 2.24) is 14.8 Å². The molecule has 188 valence electrons. The van der Waals surface area contributed by atoms with Gasteiger partial charge in [0.1, 0.15) is 18.0 Å². The maximum Gasteiger partial charge on any atom is 0.270 e. The lowest BCUT2D eigenvalue weighted by atomic mass is 10.0. The molecule has 1 aliphatic heterocycles. The fraction of sp³-hybridized carbons (Fsp3) is 0.290. The van der Waals surface area contributed by atoms with Gasteiger partial charge in [-0.1, -0.05) is 54.6 Å². The van der Waals surface area contributed by atoms with Crippen LogP contribution >= 0.6 is 0 Å². The molecule has 2 aliphatic rings. The van der Waals surface area contributed by atoms with Gasteiger partial charge in [-0.3, -0.25) is 9.59 Å². The minimum atomic E-state index is -0.150. The highest BCUT2D eigenvalue weighted by Crippen LogP contribution is 2.41. The number of hydrogen-bond donors (Lipinski definition) is 1. The van der Waals surface area contributed by atoms with Crippen LogP contribution in [0.1, 0.15) is 45.9 Å². The van der Waals surface area contributed by atoms with E-state index in [0.29, 0.717) is 31.1 Å². The van der Waals surface area contributed by atoms with E-state index in [2.05, 4.69) is 35.3 Å². The Bertz CT molecular complexity index is 1440. The molecule has 2 fully saturated rings. The fourth-order valence-corrected chi connectivity index (χ4v) is 5.43. The second kappa shape index (κ2) is 9.77. The second-order valence-electron chi connectivity index (χ2n) is 10.2. The summed E-state index contributed by atoms with van der Waals surface area (Å²) in [6, 6.07) is 26.1. The third-order valence-corrected chi connectivity index (χ3v) is 7.58. The predicted octanol–water partition coefficient (Wildman–Crippen LogP) is 5.15. The Kier molecular flexibility index (Phi) is 6.16. The molecule has 4 aromatic rings. The standard InChI is InChI=1S/C31H31N3O3/c1-37-29-10-6-5-9-24(29)18-34-26(15-21-7-3-2-4-8-21)19-33(20-30(34)35)31(36)28-17-25-16-23(22-11-12-22)13-14-27(25)32-28/h2-10,13-14,16-17,22,26,32H,11-12,15,18-20H2,1H3/t26-/m0/s1. The zero-order valence-corrected chi connectivity index (χ0v) is 21.0. The summed E-state index contributed by atoms with van der Waals surface area (Å²) < 4.78 is 5.54. The maximum absolute atomic E-state index is 13.6. The molecule has 1 saturated heterocycles. The second-order valence-corrected chi connectivity index (χ2v) is 10.2. The molecule has 6 nitrogen and oxygen atoms in total. The molecule has 0 radical (unpaired) electrons. The summed E-state index contributed by atoms with van der Waals surface area (Å²) >= 11 is 0. The summed E-state index contributed by atoms with van der Waals surface area (Å²) in [5.74, 6) is 1.23. The van der Waals surface area contributed by atoms with Crippen LogP contribution in [0.2, 0.25) is 0 Å². The number of nitrogens with zero attached hydrogens (tertiary/aromatic N) is 2. The molecule has 3 aromatic carbocycles. The van der Waals surface area contributed by atoms with Crippen molar-refractivity contribution in [3.05, 3.63) is 101 Å². The number of H-pyrrole nitrogens is 1. The van der Waals surface area contributed by atoms with Gasteiger partial charge in [0, 0.05) is 29.6 Å². The van der Waals surface area contributed by atoms with Gasteiger partial charge in [0.15, 0.2) is 0 Å². The Morgan fingerprint density at radius 1 is 1.00 bits per heavy atom. The lowest BCUT2D eigenvalue weighted by Gasteiger charge is -2.41. The van der Waals surface area contributed by atoms with Crippen molar-refractivity contribution in [1.29, 1.82) is 0 Å². The van der Waals surface area contributed by atoms with E-state index in [9.17, 15) is 9.59 Å². The fourth-order valence-electron chi connectivity index (χ4n) is 5.43. The number of methoxy groups -OCH3 is 1. The number of amides is 2. The van der Waals surface area contributed by atoms with E-state index in [0.717, 1.165) is 27.8 Å². The summed E-state index contributed by atoms with van der Waals surface area (Å²) in [6.45, 7) is 0.970. The van der Waals surface area contributed by atoms with Gasteiger partial charge < -0.3 is 19.5 Å². The lowest BCUT2D eigenvalue weighted by Crippen LogP contribution is -2.58. The molecule has 0 bridgehead atoms. The molecular weight excluding hydrogens is 462 g/mol. The van der Waals surface area contributed by atoms with Crippen LogP contribution in [0, 0.1) is 0 Å².